The molecule has 3 heterocycles. The topological polar surface area (TPSA) is 94.3 Å². The van der Waals surface area contributed by atoms with Crippen LogP contribution in [0.4, 0.5) is 0 Å². The molecule has 0 bridgehead atoms. The first-order valence-electron chi connectivity index (χ1n) is 14.7. The van der Waals surface area contributed by atoms with Crippen molar-refractivity contribution in [3.05, 3.63) is 100.0 Å². The predicted octanol–water partition coefficient (Wildman–Crippen LogP) is 6.87. The molecule has 8 heteroatoms. The molecular formula is C34H41N7O. The van der Waals surface area contributed by atoms with Gasteiger partial charge >= 0.3 is 5.69 Å². The van der Waals surface area contributed by atoms with E-state index in [1.165, 1.54) is 11.1 Å². The van der Waals surface area contributed by atoms with Crippen molar-refractivity contribution in [1.29, 1.82) is 0 Å². The van der Waals surface area contributed by atoms with E-state index in [2.05, 4.69) is 123 Å². The van der Waals surface area contributed by atoms with Crippen LogP contribution < -0.4 is 5.69 Å². The summed E-state index contributed by atoms with van der Waals surface area (Å²) in [7, 11) is 0. The minimum atomic E-state index is -0.121. The summed E-state index contributed by atoms with van der Waals surface area (Å²) in [6, 6.07) is 16.6. The van der Waals surface area contributed by atoms with Crippen molar-refractivity contribution in [3.8, 4) is 28.2 Å². The van der Waals surface area contributed by atoms with E-state index in [-0.39, 0.29) is 16.5 Å². The highest BCUT2D eigenvalue weighted by atomic mass is 16.1. The Labute approximate surface area is 247 Å². The van der Waals surface area contributed by atoms with E-state index in [0.29, 0.717) is 12.4 Å². The zero-order valence-corrected chi connectivity index (χ0v) is 25.8. The van der Waals surface area contributed by atoms with Crippen LogP contribution in [0.3, 0.4) is 0 Å². The van der Waals surface area contributed by atoms with Gasteiger partial charge in [0.25, 0.3) is 0 Å². The van der Waals surface area contributed by atoms with Crippen molar-refractivity contribution < 1.29 is 0 Å². The second-order valence-corrected chi connectivity index (χ2v) is 13.0. The number of imidazole rings is 1. The van der Waals surface area contributed by atoms with Gasteiger partial charge in [0.2, 0.25) is 5.82 Å². The van der Waals surface area contributed by atoms with Gasteiger partial charge in [-0.25, -0.2) is 4.79 Å². The summed E-state index contributed by atoms with van der Waals surface area (Å²) in [4.78, 5) is 18.6. The molecule has 0 aliphatic rings. The SMILES string of the molecule is CCCCc1cn(-c2c(C(C)(C)C)cccc2C(C)(C)C)c(=O)n1Cc1ccc(-c2cnccc2-c2nn[nH]n2)cc1. The first kappa shape index (κ1) is 29.2. The van der Waals surface area contributed by atoms with Crippen LogP contribution in [0, 0.1) is 0 Å². The number of para-hydroxylation sites is 1. The van der Waals surface area contributed by atoms with Crippen LogP contribution in [0.25, 0.3) is 28.2 Å². The largest absolute Gasteiger partial charge is 0.333 e. The smallest absolute Gasteiger partial charge is 0.292 e. The molecule has 0 fully saturated rings. The van der Waals surface area contributed by atoms with Gasteiger partial charge in [0.05, 0.1) is 12.2 Å². The standard InChI is InChI=1S/C34H41N7O/c1-8-9-11-25-22-41(30-28(33(2,3)4)12-10-13-29(30)34(5,6)7)32(42)40(25)21-23-14-16-24(17-15-23)27-20-35-19-18-26(27)31-36-38-39-37-31/h10,12-20,22H,8-9,11,21H2,1-7H3,(H,36,37,38,39). The molecule has 0 saturated carbocycles. The average molecular weight is 564 g/mol. The van der Waals surface area contributed by atoms with Crippen LogP contribution in [-0.2, 0) is 23.8 Å². The maximum atomic E-state index is 14.3. The lowest BCUT2D eigenvalue weighted by atomic mass is 9.78. The van der Waals surface area contributed by atoms with Crippen molar-refractivity contribution in [2.45, 2.75) is 85.1 Å². The minimum absolute atomic E-state index is 0.000897. The molecule has 0 aliphatic heterocycles. The Bertz CT molecular complexity index is 1680. The average Bonchev–Trinajstić information content (AvgIpc) is 3.60. The third-order valence-corrected chi connectivity index (χ3v) is 7.75. The third kappa shape index (κ3) is 5.84. The van der Waals surface area contributed by atoms with Crippen LogP contribution in [0.2, 0.25) is 0 Å². The Morgan fingerprint density at radius 2 is 1.57 bits per heavy atom. The van der Waals surface area contributed by atoms with E-state index in [4.69, 9.17) is 0 Å². The molecule has 0 spiro atoms. The van der Waals surface area contributed by atoms with Gasteiger partial charge in [-0.3, -0.25) is 14.1 Å². The summed E-state index contributed by atoms with van der Waals surface area (Å²) in [5, 5.41) is 14.5. The number of pyridine rings is 1. The normalized spacial score (nSPS) is 12.2. The van der Waals surface area contributed by atoms with Crippen LogP contribution in [0.5, 0.6) is 0 Å². The maximum Gasteiger partial charge on any atom is 0.333 e. The number of unbranched alkanes of at least 4 members (excludes halogenated alkanes) is 1. The number of tetrazole rings is 1. The van der Waals surface area contributed by atoms with E-state index in [1.807, 2.05) is 21.4 Å². The van der Waals surface area contributed by atoms with E-state index in [0.717, 1.165) is 52.9 Å². The molecule has 0 unspecified atom stereocenters. The second kappa shape index (κ2) is 11.5. The summed E-state index contributed by atoms with van der Waals surface area (Å²) in [5.41, 5.74) is 8.01. The third-order valence-electron chi connectivity index (χ3n) is 7.75. The summed E-state index contributed by atoms with van der Waals surface area (Å²) >= 11 is 0. The highest BCUT2D eigenvalue weighted by Gasteiger charge is 2.28. The number of benzene rings is 2. The number of hydrogen-bond donors (Lipinski definition) is 1. The number of rotatable bonds is 8. The zero-order valence-electron chi connectivity index (χ0n) is 25.8. The van der Waals surface area contributed by atoms with E-state index < -0.39 is 0 Å². The lowest BCUT2D eigenvalue weighted by Crippen LogP contribution is -2.29. The molecule has 218 valence electrons. The minimum Gasteiger partial charge on any atom is -0.292 e. The number of aromatic amines is 1. The highest BCUT2D eigenvalue weighted by Crippen LogP contribution is 2.36. The maximum absolute atomic E-state index is 14.3. The fraction of sp³-hybridized carbons (Fsp3) is 0.382. The molecule has 5 rings (SSSR count). The molecule has 0 saturated heterocycles. The molecule has 1 N–H and O–H groups in total. The first-order valence-corrected chi connectivity index (χ1v) is 14.7. The molecule has 0 atom stereocenters. The Morgan fingerprint density at radius 3 is 2.17 bits per heavy atom. The van der Waals surface area contributed by atoms with E-state index in [9.17, 15) is 4.79 Å². The Hall–Kier alpha value is -4.33. The Balaban J connectivity index is 1.57. The van der Waals surface area contributed by atoms with Gasteiger partial charge in [0.15, 0.2) is 0 Å². The van der Waals surface area contributed by atoms with Crippen molar-refractivity contribution >= 4 is 0 Å². The fourth-order valence-electron chi connectivity index (χ4n) is 5.49. The van der Waals surface area contributed by atoms with Crippen molar-refractivity contribution in [3.63, 3.8) is 0 Å². The molecule has 0 radical (unpaired) electrons. The van der Waals surface area contributed by atoms with Crippen molar-refractivity contribution in [2.24, 2.45) is 0 Å². The zero-order chi connectivity index (χ0) is 30.1. The number of hydrogen-bond acceptors (Lipinski definition) is 5. The van der Waals surface area contributed by atoms with Gasteiger partial charge in [-0.2, -0.15) is 5.21 Å². The lowest BCUT2D eigenvalue weighted by molar-refractivity contribution is 0.559. The predicted molar refractivity (Wildman–Crippen MR) is 168 cm³/mol. The molecule has 42 heavy (non-hydrogen) atoms. The monoisotopic (exact) mass is 563 g/mol. The van der Waals surface area contributed by atoms with Crippen LogP contribution in [-0.4, -0.2) is 34.7 Å². The van der Waals surface area contributed by atoms with E-state index in [1.54, 1.807) is 6.20 Å². The summed E-state index contributed by atoms with van der Waals surface area (Å²) in [6.07, 6.45) is 8.56. The van der Waals surface area contributed by atoms with Gasteiger partial charge < -0.3 is 0 Å². The number of nitrogens with zero attached hydrogens (tertiary/aromatic N) is 6. The molecule has 0 aliphatic carbocycles. The first-order chi connectivity index (χ1) is 20.0. The van der Waals surface area contributed by atoms with Gasteiger partial charge in [-0.15, -0.1) is 10.2 Å². The van der Waals surface area contributed by atoms with E-state index >= 15 is 0 Å². The number of nitrogens with one attached hydrogen (secondary N) is 1. The Kier molecular flexibility index (Phi) is 7.99. The summed E-state index contributed by atoms with van der Waals surface area (Å²) in [6.45, 7) is 16.0. The highest BCUT2D eigenvalue weighted by molar-refractivity contribution is 5.79. The summed E-state index contributed by atoms with van der Waals surface area (Å²) < 4.78 is 3.86. The van der Waals surface area contributed by atoms with Gasteiger partial charge in [-0.05, 0) is 57.2 Å². The van der Waals surface area contributed by atoms with Gasteiger partial charge in [-0.1, -0.05) is 97.4 Å². The van der Waals surface area contributed by atoms with Crippen LogP contribution >= 0.6 is 0 Å². The molecule has 8 nitrogen and oxygen atoms in total. The molecule has 3 aromatic heterocycles. The number of H-pyrrole nitrogens is 1. The van der Waals surface area contributed by atoms with Gasteiger partial charge in [0, 0.05) is 35.4 Å². The number of aromatic nitrogens is 7. The molecular weight excluding hydrogens is 522 g/mol. The second-order valence-electron chi connectivity index (χ2n) is 13.0. The van der Waals surface area contributed by atoms with Crippen LogP contribution in [0.1, 0.15) is 83.7 Å². The fourth-order valence-corrected chi connectivity index (χ4v) is 5.49. The van der Waals surface area contributed by atoms with Crippen molar-refractivity contribution in [2.75, 3.05) is 0 Å². The quantitative estimate of drug-likeness (QED) is 0.222. The van der Waals surface area contributed by atoms with Gasteiger partial charge in [0.1, 0.15) is 0 Å². The van der Waals surface area contributed by atoms with Crippen LogP contribution in [0.15, 0.2) is 71.9 Å². The van der Waals surface area contributed by atoms with Crippen molar-refractivity contribution in [1.82, 2.24) is 34.7 Å². The lowest BCUT2D eigenvalue weighted by Gasteiger charge is -2.29. The number of aryl methyl sites for hydroxylation is 1. The Morgan fingerprint density at radius 1 is 0.881 bits per heavy atom. The molecule has 0 amide bonds. The molecule has 2 aromatic carbocycles. The summed E-state index contributed by atoms with van der Waals surface area (Å²) in [5.74, 6) is 0.523. The molecule has 5 aromatic rings.